The second-order valence-corrected chi connectivity index (χ2v) is 6.59. The van der Waals surface area contributed by atoms with Crippen molar-refractivity contribution < 1.29 is 14.4 Å². The van der Waals surface area contributed by atoms with E-state index in [0.29, 0.717) is 10.0 Å². The van der Waals surface area contributed by atoms with E-state index in [1.54, 1.807) is 6.07 Å². The smallest absolute Gasteiger partial charge is 0.260 e. The van der Waals surface area contributed by atoms with E-state index in [2.05, 4.69) is 10.3 Å². The minimum absolute atomic E-state index is 0.0554. The highest BCUT2D eigenvalue weighted by molar-refractivity contribution is 7.17. The number of thiophene rings is 1. The third-order valence-electron chi connectivity index (χ3n) is 2.59. The van der Waals surface area contributed by atoms with Crippen molar-refractivity contribution in [3.63, 3.8) is 0 Å². The van der Waals surface area contributed by atoms with Crippen molar-refractivity contribution in [3.8, 4) is 0 Å². The van der Waals surface area contributed by atoms with Gasteiger partial charge in [0.25, 0.3) is 5.91 Å². The van der Waals surface area contributed by atoms with Crippen molar-refractivity contribution in [1.29, 1.82) is 0 Å². The molecule has 2 aromatic heterocycles. The number of carbonyl (C=O) groups is 3. The molecule has 0 saturated carbocycles. The van der Waals surface area contributed by atoms with Gasteiger partial charge < -0.3 is 11.1 Å². The van der Waals surface area contributed by atoms with Gasteiger partial charge in [0.1, 0.15) is 4.88 Å². The normalized spacial score (nSPS) is 10.3. The number of carbonyl (C=O) groups excluding carboxylic acids is 3. The molecule has 0 spiro atoms. The van der Waals surface area contributed by atoms with Crippen LogP contribution in [-0.2, 0) is 4.79 Å². The molecule has 2 aromatic rings. The van der Waals surface area contributed by atoms with Gasteiger partial charge in [0.2, 0.25) is 5.91 Å². The van der Waals surface area contributed by atoms with Crippen LogP contribution in [0.5, 0.6) is 0 Å². The molecule has 0 aliphatic carbocycles. The van der Waals surface area contributed by atoms with E-state index in [9.17, 15) is 14.4 Å². The predicted molar refractivity (Wildman–Crippen MR) is 81.9 cm³/mol. The van der Waals surface area contributed by atoms with Gasteiger partial charge in [0.05, 0.1) is 11.1 Å². The van der Waals surface area contributed by atoms with Crippen LogP contribution in [0.4, 0.5) is 5.13 Å². The van der Waals surface area contributed by atoms with Crippen molar-refractivity contribution in [3.05, 3.63) is 33.0 Å². The summed E-state index contributed by atoms with van der Waals surface area (Å²) in [6.07, 6.45) is 1.52. The van der Waals surface area contributed by atoms with Crippen LogP contribution >= 0.6 is 22.7 Å². The largest absolute Gasteiger partial charge is 0.365 e. The first-order valence-electron chi connectivity index (χ1n) is 6.11. The molecule has 0 atom stereocenters. The molecule has 2 amide bonds. The molecule has 0 aliphatic heterocycles. The molecule has 6 nitrogen and oxygen atoms in total. The topological polar surface area (TPSA) is 102 Å². The van der Waals surface area contributed by atoms with E-state index >= 15 is 0 Å². The van der Waals surface area contributed by atoms with E-state index < -0.39 is 5.91 Å². The highest BCUT2D eigenvalue weighted by Gasteiger charge is 2.13. The molecule has 2 rings (SSSR count). The lowest BCUT2D eigenvalue weighted by Gasteiger charge is -2.00. The second kappa shape index (κ2) is 6.59. The molecule has 0 aromatic carbocycles. The molecule has 0 unspecified atom stereocenters. The number of aromatic nitrogens is 1. The van der Waals surface area contributed by atoms with Gasteiger partial charge in [-0.3, -0.25) is 14.4 Å². The lowest BCUT2D eigenvalue weighted by atomic mass is 10.2. The first-order valence-corrected chi connectivity index (χ1v) is 7.74. The van der Waals surface area contributed by atoms with Crippen molar-refractivity contribution in [1.82, 2.24) is 4.98 Å². The third kappa shape index (κ3) is 4.20. The van der Waals surface area contributed by atoms with Crippen LogP contribution < -0.4 is 11.1 Å². The first kappa shape index (κ1) is 15.3. The highest BCUT2D eigenvalue weighted by Crippen LogP contribution is 2.19. The number of ketones is 1. The molecule has 0 radical (unpaired) electrons. The van der Waals surface area contributed by atoms with Gasteiger partial charge in [0, 0.05) is 17.7 Å². The zero-order chi connectivity index (χ0) is 15.4. The third-order valence-corrected chi connectivity index (χ3v) is 4.56. The first-order chi connectivity index (χ1) is 9.95. The summed E-state index contributed by atoms with van der Waals surface area (Å²) in [5, 5.41) is 2.84. The molecule has 0 fully saturated rings. The van der Waals surface area contributed by atoms with Crippen LogP contribution in [0.3, 0.4) is 0 Å². The van der Waals surface area contributed by atoms with Crippen LogP contribution in [0, 0.1) is 6.92 Å². The van der Waals surface area contributed by atoms with Crippen molar-refractivity contribution >= 4 is 45.4 Å². The second-order valence-electron chi connectivity index (χ2n) is 4.28. The number of nitrogens with zero attached hydrogens (tertiary/aromatic N) is 1. The maximum absolute atomic E-state index is 11.9. The number of Topliss-reactive ketones (excluding diaryl/α,β-unsaturated/α-hetero) is 1. The molecule has 8 heteroatoms. The van der Waals surface area contributed by atoms with E-state index in [1.165, 1.54) is 17.5 Å². The number of hydrogen-bond acceptors (Lipinski definition) is 6. The number of nitrogens with one attached hydrogen (secondary N) is 1. The van der Waals surface area contributed by atoms with Crippen LogP contribution in [0.1, 0.15) is 37.1 Å². The minimum Gasteiger partial charge on any atom is -0.365 e. The molecule has 0 aliphatic rings. The fourth-order valence-electron chi connectivity index (χ4n) is 1.56. The zero-order valence-electron chi connectivity index (χ0n) is 11.2. The quantitative estimate of drug-likeness (QED) is 0.796. The van der Waals surface area contributed by atoms with Gasteiger partial charge in [0.15, 0.2) is 10.9 Å². The van der Waals surface area contributed by atoms with Crippen molar-refractivity contribution in [2.24, 2.45) is 5.73 Å². The number of nitrogens with two attached hydrogens (primary N) is 1. The van der Waals surface area contributed by atoms with E-state index in [-0.39, 0.29) is 29.4 Å². The van der Waals surface area contributed by atoms with Gasteiger partial charge in [-0.25, -0.2) is 4.98 Å². The Morgan fingerprint density at radius 2 is 1.95 bits per heavy atom. The lowest BCUT2D eigenvalue weighted by molar-refractivity contribution is -0.116. The van der Waals surface area contributed by atoms with Gasteiger partial charge in [-0.05, 0) is 19.1 Å². The highest BCUT2D eigenvalue weighted by atomic mass is 32.1. The van der Waals surface area contributed by atoms with Crippen LogP contribution in [0.2, 0.25) is 0 Å². The molecule has 110 valence electrons. The number of aryl methyl sites for hydroxylation is 1. The van der Waals surface area contributed by atoms with E-state index in [1.807, 2.05) is 13.0 Å². The summed E-state index contributed by atoms with van der Waals surface area (Å²) in [7, 11) is 0. The number of rotatable bonds is 6. The Kier molecular flexibility index (Phi) is 4.81. The Morgan fingerprint density at radius 1 is 1.19 bits per heavy atom. The van der Waals surface area contributed by atoms with Crippen LogP contribution in [-0.4, -0.2) is 22.6 Å². The summed E-state index contributed by atoms with van der Waals surface area (Å²) in [5.74, 6) is -0.960. The number of hydrogen-bond donors (Lipinski definition) is 2. The Balaban J connectivity index is 1.84. The molecule has 3 N–H and O–H groups in total. The van der Waals surface area contributed by atoms with Gasteiger partial charge in [-0.1, -0.05) is 11.3 Å². The number of amides is 2. The SMILES string of the molecule is Cc1ccc(C(=O)CCC(=O)Nc2ncc(C(N)=O)s2)s1. The van der Waals surface area contributed by atoms with E-state index in [0.717, 1.165) is 16.2 Å². The number of primary amides is 1. The molecular weight excluding hydrogens is 310 g/mol. The summed E-state index contributed by atoms with van der Waals surface area (Å²) < 4.78 is 0. The standard InChI is InChI=1S/C13H13N3O3S2/c1-7-2-4-9(20-7)8(17)3-5-11(18)16-13-15-6-10(21-13)12(14)19/h2,4,6H,3,5H2,1H3,(H2,14,19)(H,15,16,18). The molecule has 0 saturated heterocycles. The van der Waals surface area contributed by atoms with Gasteiger partial charge in [-0.15, -0.1) is 11.3 Å². The summed E-state index contributed by atoms with van der Waals surface area (Å²) in [6, 6.07) is 3.64. The summed E-state index contributed by atoms with van der Waals surface area (Å²) in [5.41, 5.74) is 5.10. The predicted octanol–water partition coefficient (Wildman–Crippen LogP) is 2.21. The summed E-state index contributed by atoms with van der Waals surface area (Å²) in [6.45, 7) is 1.92. The zero-order valence-corrected chi connectivity index (χ0v) is 12.8. The maximum Gasteiger partial charge on any atom is 0.260 e. The Bertz CT molecular complexity index is 690. The average molecular weight is 323 g/mol. The van der Waals surface area contributed by atoms with Gasteiger partial charge >= 0.3 is 0 Å². The Hall–Kier alpha value is -2.06. The Labute approximate surface area is 129 Å². The Morgan fingerprint density at radius 3 is 2.52 bits per heavy atom. The van der Waals surface area contributed by atoms with Crippen molar-refractivity contribution in [2.75, 3.05) is 5.32 Å². The fourth-order valence-corrected chi connectivity index (χ4v) is 3.08. The lowest BCUT2D eigenvalue weighted by Crippen LogP contribution is -2.13. The minimum atomic E-state index is -0.587. The fraction of sp³-hybridized carbons (Fsp3) is 0.231. The maximum atomic E-state index is 11.9. The van der Waals surface area contributed by atoms with Crippen LogP contribution in [0.25, 0.3) is 0 Å². The van der Waals surface area contributed by atoms with Crippen LogP contribution in [0.15, 0.2) is 18.3 Å². The molecule has 2 heterocycles. The average Bonchev–Trinajstić information content (AvgIpc) is 3.05. The van der Waals surface area contributed by atoms with Gasteiger partial charge in [-0.2, -0.15) is 0 Å². The molecule has 21 heavy (non-hydrogen) atoms. The molecule has 0 bridgehead atoms. The summed E-state index contributed by atoms with van der Waals surface area (Å²) in [4.78, 5) is 40.4. The van der Waals surface area contributed by atoms with Crippen molar-refractivity contribution in [2.45, 2.75) is 19.8 Å². The number of thiazole rings is 1. The summed E-state index contributed by atoms with van der Waals surface area (Å²) >= 11 is 2.42. The monoisotopic (exact) mass is 323 g/mol. The molecular formula is C13H13N3O3S2. The number of anilines is 1. The van der Waals surface area contributed by atoms with E-state index in [4.69, 9.17) is 5.73 Å².